The van der Waals surface area contributed by atoms with E-state index in [1.54, 1.807) is 6.26 Å². The van der Waals surface area contributed by atoms with Gasteiger partial charge in [0.2, 0.25) is 0 Å². The van der Waals surface area contributed by atoms with E-state index in [1.165, 1.54) is 5.52 Å². The lowest BCUT2D eigenvalue weighted by molar-refractivity contribution is 0.507. The Morgan fingerprint density at radius 2 is 2.11 bits per heavy atom. The Morgan fingerprint density at radius 1 is 1.25 bits per heavy atom. The molecule has 0 saturated carbocycles. The number of furan rings is 1. The highest BCUT2D eigenvalue weighted by Crippen LogP contribution is 2.15. The molecule has 1 aromatic carbocycles. The molecule has 0 atom stereocenters. The Kier molecular flexibility index (Phi) is 9.06. The van der Waals surface area contributed by atoms with Crippen molar-refractivity contribution >= 4 is 41.0 Å². The molecular weight excluding hydrogens is 465 g/mol. The molecule has 7 heteroatoms. The number of rotatable bonds is 9. The van der Waals surface area contributed by atoms with Crippen LogP contribution in [-0.2, 0) is 13.0 Å². The lowest BCUT2D eigenvalue weighted by Crippen LogP contribution is -2.38. The fourth-order valence-corrected chi connectivity index (χ4v) is 3.00. The standard InChI is InChI=1S/C21H27N5O.HI/c1-3-12-22-21(24-14-11-18-8-6-16-27-18)23-13-7-15-26-17(2)25-19-9-4-5-10-20(19)26;/h3-6,8-10,16H,1,7,11-15H2,2H3,(H2,22,23,24);1H. The van der Waals surface area contributed by atoms with Crippen molar-refractivity contribution in [3.8, 4) is 0 Å². The van der Waals surface area contributed by atoms with Crippen molar-refractivity contribution in [3.63, 3.8) is 0 Å². The van der Waals surface area contributed by atoms with Crippen molar-refractivity contribution in [2.75, 3.05) is 19.6 Å². The summed E-state index contributed by atoms with van der Waals surface area (Å²) in [5, 5.41) is 6.59. The minimum atomic E-state index is 0. The molecule has 150 valence electrons. The highest BCUT2D eigenvalue weighted by atomic mass is 127. The molecule has 0 unspecified atom stereocenters. The lowest BCUT2D eigenvalue weighted by Gasteiger charge is -2.11. The van der Waals surface area contributed by atoms with Gasteiger partial charge in [-0.1, -0.05) is 18.2 Å². The number of hydrogen-bond donors (Lipinski definition) is 2. The van der Waals surface area contributed by atoms with E-state index in [1.807, 2.05) is 24.3 Å². The van der Waals surface area contributed by atoms with Gasteiger partial charge in [-0.25, -0.2) is 4.98 Å². The zero-order valence-corrected chi connectivity index (χ0v) is 18.6. The Morgan fingerprint density at radius 3 is 2.89 bits per heavy atom. The maximum Gasteiger partial charge on any atom is 0.191 e. The first-order valence-electron chi connectivity index (χ1n) is 9.35. The van der Waals surface area contributed by atoms with Crippen molar-refractivity contribution in [3.05, 3.63) is 66.9 Å². The third kappa shape index (κ3) is 6.12. The van der Waals surface area contributed by atoms with Crippen LogP contribution in [0.2, 0.25) is 0 Å². The van der Waals surface area contributed by atoms with Crippen LogP contribution in [0.25, 0.3) is 11.0 Å². The van der Waals surface area contributed by atoms with Gasteiger partial charge in [0, 0.05) is 32.6 Å². The second kappa shape index (κ2) is 11.5. The number of para-hydroxylation sites is 2. The first-order chi connectivity index (χ1) is 13.3. The summed E-state index contributed by atoms with van der Waals surface area (Å²) < 4.78 is 7.61. The van der Waals surface area contributed by atoms with Crippen LogP contribution in [0.4, 0.5) is 0 Å². The second-order valence-electron chi connectivity index (χ2n) is 6.31. The van der Waals surface area contributed by atoms with Crippen LogP contribution < -0.4 is 10.6 Å². The fraction of sp³-hybridized carbons (Fsp3) is 0.333. The Hall–Kier alpha value is -2.29. The first kappa shape index (κ1) is 22.0. The second-order valence-corrected chi connectivity index (χ2v) is 6.31. The van der Waals surface area contributed by atoms with Gasteiger partial charge in [-0.05, 0) is 37.6 Å². The van der Waals surface area contributed by atoms with Gasteiger partial charge < -0.3 is 19.6 Å². The van der Waals surface area contributed by atoms with Crippen LogP contribution in [0.15, 0.2) is 64.7 Å². The number of aryl methyl sites for hydroxylation is 2. The molecule has 0 amide bonds. The number of nitrogens with one attached hydrogen (secondary N) is 2. The molecule has 0 aliphatic rings. The predicted octanol–water partition coefficient (Wildman–Crippen LogP) is 3.91. The van der Waals surface area contributed by atoms with Gasteiger partial charge in [-0.15, -0.1) is 30.6 Å². The molecule has 0 aliphatic carbocycles. The molecule has 3 aromatic rings. The van der Waals surface area contributed by atoms with E-state index in [0.29, 0.717) is 6.54 Å². The van der Waals surface area contributed by atoms with E-state index in [4.69, 9.17) is 4.42 Å². The number of imidazole rings is 1. The van der Waals surface area contributed by atoms with Crippen LogP contribution >= 0.6 is 24.0 Å². The van der Waals surface area contributed by atoms with E-state index in [0.717, 1.165) is 55.5 Å². The van der Waals surface area contributed by atoms with Gasteiger partial charge in [0.15, 0.2) is 5.96 Å². The average molecular weight is 493 g/mol. The molecule has 0 aliphatic heterocycles. The first-order valence-corrected chi connectivity index (χ1v) is 9.35. The lowest BCUT2D eigenvalue weighted by atomic mass is 10.3. The molecule has 0 bridgehead atoms. The van der Waals surface area contributed by atoms with Gasteiger partial charge in [0.1, 0.15) is 11.6 Å². The number of aromatic nitrogens is 2. The number of guanidine groups is 1. The summed E-state index contributed by atoms with van der Waals surface area (Å²) in [6.07, 6.45) is 5.29. The summed E-state index contributed by atoms with van der Waals surface area (Å²) >= 11 is 0. The smallest absolute Gasteiger partial charge is 0.191 e. The van der Waals surface area contributed by atoms with Crippen molar-refractivity contribution in [2.45, 2.75) is 26.3 Å². The predicted molar refractivity (Wildman–Crippen MR) is 125 cm³/mol. The number of nitrogens with zero attached hydrogens (tertiary/aromatic N) is 3. The summed E-state index contributed by atoms with van der Waals surface area (Å²) in [7, 11) is 0. The molecule has 28 heavy (non-hydrogen) atoms. The van der Waals surface area contributed by atoms with Crippen LogP contribution in [-0.4, -0.2) is 35.1 Å². The molecule has 0 fully saturated rings. The molecule has 2 N–H and O–H groups in total. The molecule has 6 nitrogen and oxygen atoms in total. The Balaban J connectivity index is 0.00000280. The maximum absolute atomic E-state index is 5.36. The topological polar surface area (TPSA) is 67.4 Å². The van der Waals surface area contributed by atoms with Crippen molar-refractivity contribution in [2.24, 2.45) is 4.99 Å². The van der Waals surface area contributed by atoms with Gasteiger partial charge in [0.25, 0.3) is 0 Å². The molecule has 0 radical (unpaired) electrons. The fourth-order valence-electron chi connectivity index (χ4n) is 3.00. The molecule has 2 aromatic heterocycles. The summed E-state index contributed by atoms with van der Waals surface area (Å²) in [6, 6.07) is 12.1. The van der Waals surface area contributed by atoms with Crippen molar-refractivity contribution < 1.29 is 4.42 Å². The third-order valence-electron chi connectivity index (χ3n) is 4.31. The minimum Gasteiger partial charge on any atom is -0.469 e. The van der Waals surface area contributed by atoms with Gasteiger partial charge in [-0.3, -0.25) is 4.99 Å². The monoisotopic (exact) mass is 493 g/mol. The number of halogens is 1. The number of fused-ring (bicyclic) bond motifs is 1. The number of benzene rings is 1. The molecule has 3 rings (SSSR count). The minimum absolute atomic E-state index is 0. The Bertz CT molecular complexity index is 885. The molecule has 0 saturated heterocycles. The van der Waals surface area contributed by atoms with Gasteiger partial charge >= 0.3 is 0 Å². The van der Waals surface area contributed by atoms with Crippen molar-refractivity contribution in [1.82, 2.24) is 20.2 Å². The zero-order chi connectivity index (χ0) is 18.9. The Labute approximate surface area is 183 Å². The van der Waals surface area contributed by atoms with Crippen LogP contribution in [0.3, 0.4) is 0 Å². The maximum atomic E-state index is 5.36. The normalized spacial score (nSPS) is 11.2. The van der Waals surface area contributed by atoms with Gasteiger partial charge in [-0.2, -0.15) is 0 Å². The molecule has 0 spiro atoms. The largest absolute Gasteiger partial charge is 0.469 e. The summed E-state index contributed by atoms with van der Waals surface area (Å²) in [5.74, 6) is 2.81. The zero-order valence-electron chi connectivity index (χ0n) is 16.2. The highest BCUT2D eigenvalue weighted by molar-refractivity contribution is 14.0. The van der Waals surface area contributed by atoms with Crippen LogP contribution in [0.1, 0.15) is 18.0 Å². The van der Waals surface area contributed by atoms with E-state index in [2.05, 4.69) is 56.9 Å². The van der Waals surface area contributed by atoms with Crippen LogP contribution in [0, 0.1) is 6.92 Å². The summed E-state index contributed by atoms with van der Waals surface area (Å²) in [5.41, 5.74) is 2.23. The van der Waals surface area contributed by atoms with E-state index in [-0.39, 0.29) is 24.0 Å². The van der Waals surface area contributed by atoms with E-state index >= 15 is 0 Å². The van der Waals surface area contributed by atoms with Crippen molar-refractivity contribution in [1.29, 1.82) is 0 Å². The van der Waals surface area contributed by atoms with Gasteiger partial charge in [0.05, 0.1) is 17.3 Å². The molecule has 2 heterocycles. The summed E-state index contributed by atoms with van der Waals surface area (Å²) in [6.45, 7) is 8.88. The van der Waals surface area contributed by atoms with E-state index in [9.17, 15) is 0 Å². The summed E-state index contributed by atoms with van der Waals surface area (Å²) in [4.78, 5) is 9.29. The van der Waals surface area contributed by atoms with Crippen LogP contribution in [0.5, 0.6) is 0 Å². The number of hydrogen-bond acceptors (Lipinski definition) is 3. The SMILES string of the molecule is C=CCNC(=NCCCn1c(C)nc2ccccc21)NCCc1ccco1.I. The third-order valence-corrected chi connectivity index (χ3v) is 4.31. The molecular formula is C21H28IN5O. The number of aliphatic imine (C=N–C) groups is 1. The quantitative estimate of drug-likeness (QED) is 0.156. The average Bonchev–Trinajstić information content (AvgIpc) is 3.30. The van der Waals surface area contributed by atoms with E-state index < -0.39 is 0 Å². The highest BCUT2D eigenvalue weighted by Gasteiger charge is 2.06.